The number of benzene rings is 1. The molecule has 0 spiro atoms. The van der Waals surface area contributed by atoms with Crippen LogP contribution in [-0.4, -0.2) is 51.8 Å². The van der Waals surface area contributed by atoms with Crippen LogP contribution in [0.3, 0.4) is 0 Å². The molecule has 0 saturated carbocycles. The smallest absolute Gasteiger partial charge is 0.217 e. The van der Waals surface area contributed by atoms with Crippen LogP contribution in [0.15, 0.2) is 54.9 Å². The molecule has 0 radical (unpaired) electrons. The monoisotopic (exact) mass is 459 g/mol. The number of aromatic nitrogens is 4. The normalized spacial score (nSPS) is 15.5. The molecule has 4 aromatic rings. The van der Waals surface area contributed by atoms with Crippen molar-refractivity contribution in [3.8, 4) is 11.8 Å². The molecule has 1 unspecified atom stereocenters. The predicted octanol–water partition coefficient (Wildman–Crippen LogP) is 3.93. The molecule has 1 aliphatic heterocycles. The molecule has 8 nitrogen and oxygen atoms in total. The number of hydrogen-bond donors (Lipinski definition) is 0. The average molecular weight is 460 g/mol. The highest BCUT2D eigenvalue weighted by Gasteiger charge is 2.27. The van der Waals surface area contributed by atoms with Crippen LogP contribution in [0.25, 0.3) is 11.0 Å². The lowest BCUT2D eigenvalue weighted by Gasteiger charge is -2.32. The van der Waals surface area contributed by atoms with Gasteiger partial charge in [-0.1, -0.05) is 18.2 Å². The van der Waals surface area contributed by atoms with Gasteiger partial charge in [0.05, 0.1) is 37.9 Å². The molecule has 0 amide bonds. The van der Waals surface area contributed by atoms with E-state index in [-0.39, 0.29) is 6.04 Å². The molecule has 176 valence electrons. The molecule has 1 aromatic carbocycles. The van der Waals surface area contributed by atoms with Gasteiger partial charge in [0.1, 0.15) is 12.4 Å². The summed E-state index contributed by atoms with van der Waals surface area (Å²) in [5.74, 6) is 2.24. The molecule has 1 atom stereocenters. The Kier molecular flexibility index (Phi) is 6.42. The van der Waals surface area contributed by atoms with Gasteiger partial charge in [-0.15, -0.1) is 0 Å². The minimum absolute atomic E-state index is 0.112. The van der Waals surface area contributed by atoms with E-state index in [4.69, 9.17) is 19.2 Å². The van der Waals surface area contributed by atoms with Crippen molar-refractivity contribution >= 4 is 11.0 Å². The highest BCUT2D eigenvalue weighted by molar-refractivity contribution is 5.77. The third kappa shape index (κ3) is 4.47. The van der Waals surface area contributed by atoms with Gasteiger partial charge in [0.15, 0.2) is 0 Å². The van der Waals surface area contributed by atoms with E-state index in [1.807, 2.05) is 12.1 Å². The maximum atomic E-state index is 5.98. The second-order valence-electron chi connectivity index (χ2n) is 8.57. The van der Waals surface area contributed by atoms with Crippen LogP contribution in [0.5, 0.6) is 11.8 Å². The molecule has 5 rings (SSSR count). The first-order valence-corrected chi connectivity index (χ1v) is 11.4. The summed E-state index contributed by atoms with van der Waals surface area (Å²) >= 11 is 0. The van der Waals surface area contributed by atoms with E-state index in [9.17, 15) is 0 Å². The zero-order chi connectivity index (χ0) is 23.5. The van der Waals surface area contributed by atoms with E-state index in [1.165, 1.54) is 5.56 Å². The number of imidazole rings is 1. The van der Waals surface area contributed by atoms with Crippen molar-refractivity contribution in [3.63, 3.8) is 0 Å². The highest BCUT2D eigenvalue weighted by atomic mass is 16.5. The number of methoxy groups -OCH3 is 2. The van der Waals surface area contributed by atoms with Crippen molar-refractivity contribution in [3.05, 3.63) is 77.4 Å². The molecule has 0 fully saturated rings. The van der Waals surface area contributed by atoms with Gasteiger partial charge in [0.2, 0.25) is 11.8 Å². The van der Waals surface area contributed by atoms with Gasteiger partial charge < -0.3 is 18.8 Å². The molecule has 8 heteroatoms. The van der Waals surface area contributed by atoms with Crippen LogP contribution < -0.4 is 9.47 Å². The third-order valence-electron chi connectivity index (χ3n) is 6.17. The van der Waals surface area contributed by atoms with Gasteiger partial charge in [-0.05, 0) is 36.8 Å². The Balaban J connectivity index is 1.50. The van der Waals surface area contributed by atoms with Crippen molar-refractivity contribution in [2.24, 2.45) is 0 Å². The Labute approximate surface area is 199 Å². The average Bonchev–Trinajstić information content (AvgIpc) is 3.23. The van der Waals surface area contributed by atoms with Crippen molar-refractivity contribution in [2.75, 3.05) is 27.4 Å². The minimum Gasteiger partial charge on any atom is -0.481 e. The lowest BCUT2D eigenvalue weighted by atomic mass is 10.1. The number of nitrogens with zero attached hydrogens (tertiary/aromatic N) is 5. The predicted molar refractivity (Wildman–Crippen MR) is 129 cm³/mol. The number of fused-ring (bicyclic) bond motifs is 3. The molecule has 1 aliphatic rings. The van der Waals surface area contributed by atoms with E-state index in [0.29, 0.717) is 38.1 Å². The van der Waals surface area contributed by atoms with Gasteiger partial charge in [-0.25, -0.2) is 15.0 Å². The first-order chi connectivity index (χ1) is 16.7. The molecule has 0 saturated heterocycles. The largest absolute Gasteiger partial charge is 0.481 e. The molecular weight excluding hydrogens is 430 g/mol. The van der Waals surface area contributed by atoms with E-state index in [2.05, 4.69) is 56.7 Å². The molecule has 4 heterocycles. The zero-order valence-corrected chi connectivity index (χ0v) is 19.8. The summed E-state index contributed by atoms with van der Waals surface area (Å²) in [6, 6.07) is 14.5. The van der Waals surface area contributed by atoms with Gasteiger partial charge >= 0.3 is 0 Å². The fraction of sp³-hybridized carbons (Fsp3) is 0.346. The lowest BCUT2D eigenvalue weighted by Crippen LogP contribution is -2.35. The van der Waals surface area contributed by atoms with E-state index in [0.717, 1.165) is 34.5 Å². The molecule has 0 aliphatic carbocycles. The molecule has 0 N–H and O–H groups in total. The molecule has 34 heavy (non-hydrogen) atoms. The maximum Gasteiger partial charge on any atom is 0.217 e. The number of hydrogen-bond acceptors (Lipinski definition) is 7. The summed E-state index contributed by atoms with van der Waals surface area (Å²) in [6.07, 6.45) is 3.50. The van der Waals surface area contributed by atoms with E-state index >= 15 is 0 Å². The van der Waals surface area contributed by atoms with Crippen molar-refractivity contribution in [1.82, 2.24) is 24.4 Å². The SMILES string of the molecule is COc1ncccc1CN(Cc1cccnc1OC)CC1COCc2nc3ccc(C)cc3n21. The van der Waals surface area contributed by atoms with Crippen molar-refractivity contribution in [2.45, 2.75) is 32.7 Å². The first-order valence-electron chi connectivity index (χ1n) is 11.4. The highest BCUT2D eigenvalue weighted by Crippen LogP contribution is 2.29. The fourth-order valence-electron chi connectivity index (χ4n) is 4.68. The van der Waals surface area contributed by atoms with Crippen LogP contribution in [0.1, 0.15) is 28.6 Å². The first kappa shape index (κ1) is 22.3. The second-order valence-corrected chi connectivity index (χ2v) is 8.57. The Morgan fingerprint density at radius 3 is 2.32 bits per heavy atom. The van der Waals surface area contributed by atoms with Gasteiger partial charge in [0, 0.05) is 43.2 Å². The summed E-state index contributed by atoms with van der Waals surface area (Å²) in [5.41, 5.74) is 5.43. The van der Waals surface area contributed by atoms with Crippen molar-refractivity contribution < 1.29 is 14.2 Å². The lowest BCUT2D eigenvalue weighted by molar-refractivity contribution is 0.0400. The molecule has 0 bridgehead atoms. The van der Waals surface area contributed by atoms with Gasteiger partial charge in [0.25, 0.3) is 0 Å². The van der Waals surface area contributed by atoms with Crippen molar-refractivity contribution in [1.29, 1.82) is 0 Å². The Bertz CT molecular complexity index is 1240. The number of pyridine rings is 2. The summed E-state index contributed by atoms with van der Waals surface area (Å²) < 4.78 is 19.4. The Morgan fingerprint density at radius 2 is 1.68 bits per heavy atom. The van der Waals surface area contributed by atoms with E-state index < -0.39 is 0 Å². The van der Waals surface area contributed by atoms with Crippen LogP contribution in [-0.2, 0) is 24.4 Å². The van der Waals surface area contributed by atoms with Crippen LogP contribution in [0.4, 0.5) is 0 Å². The summed E-state index contributed by atoms with van der Waals surface area (Å²) in [5, 5.41) is 0. The van der Waals surface area contributed by atoms with Crippen LogP contribution in [0.2, 0.25) is 0 Å². The minimum atomic E-state index is 0.112. The second kappa shape index (κ2) is 9.79. The fourth-order valence-corrected chi connectivity index (χ4v) is 4.68. The topological polar surface area (TPSA) is 74.5 Å². The zero-order valence-electron chi connectivity index (χ0n) is 19.8. The number of rotatable bonds is 8. The van der Waals surface area contributed by atoms with Gasteiger partial charge in [-0.3, -0.25) is 4.90 Å². The number of aryl methyl sites for hydroxylation is 1. The quantitative estimate of drug-likeness (QED) is 0.395. The Hall–Kier alpha value is -3.49. The standard InChI is InChI=1S/C26H29N5O3/c1-18-8-9-22-23(12-18)31-21(16-34-17-24(31)29-22)15-30(13-19-6-4-10-27-25(19)32-2)14-20-7-5-11-28-26(20)33-3/h4-12,21H,13-17H2,1-3H3. The summed E-state index contributed by atoms with van der Waals surface area (Å²) in [6.45, 7) is 5.33. The maximum absolute atomic E-state index is 5.98. The van der Waals surface area contributed by atoms with Crippen LogP contribution in [0, 0.1) is 6.92 Å². The summed E-state index contributed by atoms with van der Waals surface area (Å²) in [7, 11) is 3.31. The van der Waals surface area contributed by atoms with E-state index in [1.54, 1.807) is 26.6 Å². The van der Waals surface area contributed by atoms with Gasteiger partial charge in [-0.2, -0.15) is 0 Å². The number of ether oxygens (including phenoxy) is 3. The molecular formula is C26H29N5O3. The van der Waals surface area contributed by atoms with Crippen LogP contribution >= 0.6 is 0 Å². The molecule has 3 aromatic heterocycles. The Morgan fingerprint density at radius 1 is 1.00 bits per heavy atom. The third-order valence-corrected chi connectivity index (χ3v) is 6.17. The summed E-state index contributed by atoms with van der Waals surface area (Å²) in [4.78, 5) is 16.0.